The van der Waals surface area contributed by atoms with Gasteiger partial charge in [-0.15, -0.1) is 0 Å². The van der Waals surface area contributed by atoms with E-state index in [4.69, 9.17) is 17.3 Å². The van der Waals surface area contributed by atoms with Crippen LogP contribution in [0.5, 0.6) is 0 Å². The van der Waals surface area contributed by atoms with Gasteiger partial charge in [0.2, 0.25) is 17.7 Å². The number of carbonyl (C=O) groups excluding carboxylic acids is 3. The fourth-order valence-corrected chi connectivity index (χ4v) is 5.28. The van der Waals surface area contributed by atoms with Gasteiger partial charge in [0.15, 0.2) is 0 Å². The van der Waals surface area contributed by atoms with Crippen molar-refractivity contribution in [2.45, 2.75) is 50.5 Å². The van der Waals surface area contributed by atoms with Crippen LogP contribution in [0.25, 0.3) is 0 Å². The van der Waals surface area contributed by atoms with Crippen LogP contribution in [0, 0.1) is 17.8 Å². The van der Waals surface area contributed by atoms with Crippen molar-refractivity contribution < 1.29 is 27.6 Å². The normalized spacial score (nSPS) is 25.6. The van der Waals surface area contributed by atoms with E-state index in [0.29, 0.717) is 41.9 Å². The molecule has 0 bridgehead atoms. The first kappa shape index (κ1) is 27.0. The number of carbonyl (C=O) groups is 3. The predicted molar refractivity (Wildman–Crippen MR) is 130 cm³/mol. The number of hydrogen-bond acceptors (Lipinski definition) is 7. The fraction of sp³-hybridized carbons (Fsp3) is 0.625. The van der Waals surface area contributed by atoms with Gasteiger partial charge >= 0.3 is 6.18 Å². The summed E-state index contributed by atoms with van der Waals surface area (Å²) >= 11 is 0. The van der Waals surface area contributed by atoms with E-state index in [9.17, 15) is 27.6 Å². The van der Waals surface area contributed by atoms with Crippen molar-refractivity contribution in [2.75, 3.05) is 37.4 Å². The van der Waals surface area contributed by atoms with E-state index < -0.39 is 49.0 Å². The Hall–Kier alpha value is -3.06. The van der Waals surface area contributed by atoms with Gasteiger partial charge in [0.1, 0.15) is 6.04 Å². The molecule has 13 heteroatoms. The van der Waals surface area contributed by atoms with Gasteiger partial charge in [-0.3, -0.25) is 14.4 Å². The molecule has 37 heavy (non-hydrogen) atoms. The number of likely N-dealkylation sites (tertiary alicyclic amines) is 2. The number of fused-ring (bicyclic) bond motifs is 1. The Morgan fingerprint density at radius 3 is 2.43 bits per heavy atom. The molecule has 3 amide bonds. The highest BCUT2D eigenvalue weighted by Crippen LogP contribution is 2.45. The molecule has 10 nitrogen and oxygen atoms in total. The summed E-state index contributed by atoms with van der Waals surface area (Å²) in [6, 6.07) is 2.45. The maximum atomic E-state index is 13.5. The number of halogens is 3. The topological polar surface area (TPSA) is 151 Å². The second-order valence-electron chi connectivity index (χ2n) is 10.4. The van der Waals surface area contributed by atoms with Crippen LogP contribution in [0.3, 0.4) is 0 Å². The van der Waals surface area contributed by atoms with Crippen LogP contribution in [0.1, 0.15) is 31.2 Å². The van der Waals surface area contributed by atoms with Crippen LogP contribution in [-0.2, 0) is 20.9 Å². The molecule has 1 aromatic rings. The van der Waals surface area contributed by atoms with Crippen molar-refractivity contribution in [3.8, 4) is 0 Å². The van der Waals surface area contributed by atoms with Crippen molar-refractivity contribution in [3.05, 3.63) is 23.8 Å². The average Bonchev–Trinajstić information content (AvgIpc) is 3.22. The number of nitrogen functional groups attached to an aromatic ring is 1. The first-order valence-corrected chi connectivity index (χ1v) is 12.4. The van der Waals surface area contributed by atoms with Gasteiger partial charge in [-0.25, -0.2) is 5.84 Å². The number of rotatable bonds is 8. The van der Waals surface area contributed by atoms with Gasteiger partial charge in [-0.1, -0.05) is 6.07 Å². The second-order valence-corrected chi connectivity index (χ2v) is 10.4. The minimum absolute atomic E-state index is 0.00515. The molecule has 3 fully saturated rings. The molecule has 4 rings (SSSR count). The molecule has 5 atom stereocenters. The lowest BCUT2D eigenvalue weighted by Crippen LogP contribution is -2.51. The summed E-state index contributed by atoms with van der Waals surface area (Å²) in [5.74, 6) is 3.41. The van der Waals surface area contributed by atoms with Gasteiger partial charge in [0, 0.05) is 39.6 Å². The summed E-state index contributed by atoms with van der Waals surface area (Å²) in [6.45, 7) is 0.782. The molecule has 3 aliphatic rings. The van der Waals surface area contributed by atoms with Gasteiger partial charge in [0.05, 0.1) is 23.3 Å². The molecular weight excluding hydrogens is 491 g/mol. The Balaban J connectivity index is 1.37. The molecule has 0 spiro atoms. The third-order valence-electron chi connectivity index (χ3n) is 7.61. The van der Waals surface area contributed by atoms with Crippen molar-refractivity contribution in [2.24, 2.45) is 29.3 Å². The standard InChI is InChI=1S/C24H34F3N7O3/c1-32(30)19-4-2-13(6-18(19)29)9-31-22(36)20-8-16(24(25,26)27)12-34(20)23(37)17(28)3-5-21(35)33-10-14-7-15(14)11-33/h2,4,6,14-17,20H,3,5,7-12,28-30H2,1H3,(H,31,36). The van der Waals surface area contributed by atoms with Crippen molar-refractivity contribution in [1.82, 2.24) is 15.1 Å². The van der Waals surface area contributed by atoms with E-state index in [1.165, 1.54) is 5.01 Å². The fourth-order valence-electron chi connectivity index (χ4n) is 5.28. The van der Waals surface area contributed by atoms with Crippen LogP contribution >= 0.6 is 0 Å². The number of piperidine rings is 1. The van der Waals surface area contributed by atoms with Crippen LogP contribution in [0.4, 0.5) is 24.5 Å². The highest BCUT2D eigenvalue weighted by molar-refractivity contribution is 5.90. The van der Waals surface area contributed by atoms with Gasteiger partial charge < -0.3 is 31.6 Å². The third-order valence-corrected chi connectivity index (χ3v) is 7.61. The van der Waals surface area contributed by atoms with E-state index in [2.05, 4.69) is 5.32 Å². The number of alkyl halides is 3. The molecule has 1 aliphatic carbocycles. The largest absolute Gasteiger partial charge is 0.397 e. The summed E-state index contributed by atoms with van der Waals surface area (Å²) in [4.78, 5) is 41.1. The number of nitrogens with two attached hydrogens (primary N) is 3. The summed E-state index contributed by atoms with van der Waals surface area (Å²) < 4.78 is 40.5. The van der Waals surface area contributed by atoms with E-state index in [0.717, 1.165) is 11.3 Å². The van der Waals surface area contributed by atoms with Gasteiger partial charge in [0.25, 0.3) is 0 Å². The van der Waals surface area contributed by atoms with E-state index in [1.54, 1.807) is 30.1 Å². The molecule has 0 aromatic heterocycles. The predicted octanol–water partition coefficient (Wildman–Crippen LogP) is 0.560. The molecule has 2 saturated heterocycles. The Bertz CT molecular complexity index is 1040. The number of amides is 3. The first-order valence-electron chi connectivity index (χ1n) is 12.4. The lowest BCUT2D eigenvalue weighted by molar-refractivity contribution is -0.171. The molecule has 1 aromatic carbocycles. The summed E-state index contributed by atoms with van der Waals surface area (Å²) in [6.07, 6.45) is -3.93. The monoisotopic (exact) mass is 525 g/mol. The molecule has 0 radical (unpaired) electrons. The zero-order valence-corrected chi connectivity index (χ0v) is 20.7. The molecule has 2 aliphatic heterocycles. The number of hydrazine groups is 1. The summed E-state index contributed by atoms with van der Waals surface area (Å²) in [5.41, 5.74) is 13.5. The minimum Gasteiger partial charge on any atom is -0.397 e. The van der Waals surface area contributed by atoms with Crippen LogP contribution in [-0.4, -0.2) is 72.5 Å². The van der Waals surface area contributed by atoms with Crippen LogP contribution < -0.4 is 27.6 Å². The number of hydrogen-bond donors (Lipinski definition) is 4. The minimum atomic E-state index is -4.57. The van der Waals surface area contributed by atoms with E-state index in [1.807, 2.05) is 0 Å². The maximum Gasteiger partial charge on any atom is 0.393 e. The Kier molecular flexibility index (Phi) is 7.56. The Morgan fingerprint density at radius 1 is 1.16 bits per heavy atom. The second kappa shape index (κ2) is 10.4. The van der Waals surface area contributed by atoms with Crippen molar-refractivity contribution >= 4 is 29.1 Å². The Morgan fingerprint density at radius 2 is 1.84 bits per heavy atom. The molecular formula is C24H34F3N7O3. The number of benzene rings is 1. The van der Waals surface area contributed by atoms with Gasteiger partial charge in [-0.05, 0) is 48.8 Å². The molecule has 1 saturated carbocycles. The summed E-state index contributed by atoms with van der Waals surface area (Å²) in [5, 5.41) is 3.94. The first-order chi connectivity index (χ1) is 17.3. The highest BCUT2D eigenvalue weighted by Gasteiger charge is 2.51. The number of nitrogens with one attached hydrogen (secondary N) is 1. The molecule has 204 valence electrons. The van der Waals surface area contributed by atoms with Gasteiger partial charge in [-0.2, -0.15) is 13.2 Å². The SMILES string of the molecule is CN(N)c1ccc(CNC(=O)C2CC(C(F)(F)F)CN2C(=O)C(N)CCC(=O)N2CC3CC3C2)cc1N. The maximum absolute atomic E-state index is 13.5. The Labute approximate surface area is 213 Å². The quantitative estimate of drug-likeness (QED) is 0.220. The summed E-state index contributed by atoms with van der Waals surface area (Å²) in [7, 11) is 1.62. The zero-order valence-electron chi connectivity index (χ0n) is 20.7. The molecule has 7 N–H and O–H groups in total. The third kappa shape index (κ3) is 6.09. The number of nitrogens with zero attached hydrogens (tertiary/aromatic N) is 3. The molecule has 5 unspecified atom stereocenters. The van der Waals surface area contributed by atoms with Crippen molar-refractivity contribution in [3.63, 3.8) is 0 Å². The molecule has 2 heterocycles. The van der Waals surface area contributed by atoms with Crippen LogP contribution in [0.2, 0.25) is 0 Å². The van der Waals surface area contributed by atoms with Crippen LogP contribution in [0.15, 0.2) is 18.2 Å². The lowest BCUT2D eigenvalue weighted by atomic mass is 10.0. The number of anilines is 2. The highest BCUT2D eigenvalue weighted by atomic mass is 19.4. The smallest absolute Gasteiger partial charge is 0.393 e. The van der Waals surface area contributed by atoms with Crippen molar-refractivity contribution in [1.29, 1.82) is 0 Å². The van der Waals surface area contributed by atoms with E-state index >= 15 is 0 Å². The lowest BCUT2D eigenvalue weighted by Gasteiger charge is -2.27. The zero-order chi connectivity index (χ0) is 27.1. The van der Waals surface area contributed by atoms with E-state index in [-0.39, 0.29) is 25.3 Å². The average molecular weight is 526 g/mol.